The minimum Gasteiger partial charge on any atom is -0.344 e. The molecule has 1 aliphatic heterocycles. The van der Waals surface area contributed by atoms with Crippen LogP contribution in [0.25, 0.3) is 70.8 Å². The molecule has 234 valence electrons. The van der Waals surface area contributed by atoms with Crippen molar-refractivity contribution in [2.24, 2.45) is 4.99 Å². The highest BCUT2D eigenvalue weighted by molar-refractivity contribution is 6.28. The van der Waals surface area contributed by atoms with Crippen molar-refractivity contribution in [1.82, 2.24) is 14.5 Å². The molecule has 4 nitrogen and oxygen atoms in total. The van der Waals surface area contributed by atoms with Gasteiger partial charge in [-0.1, -0.05) is 127 Å². The lowest BCUT2D eigenvalue weighted by Crippen LogP contribution is -2.36. The molecule has 1 atom stereocenters. The zero-order chi connectivity index (χ0) is 32.8. The standard InChI is InChI=1S/C46H30N4/c1-2-14-31(15-3-1)45-36-19-8-10-20-38(36)47-46(48-45)50-39-21-11-9-18-35(39)37-28-32(24-27-40(37)50)49-41-25-22-29-12-4-6-16-33(29)43(41)44-34-17-7-5-13-30(34)23-26-42(44)49/h1-28,45H,(H,47,48). The molecule has 4 heteroatoms. The summed E-state index contributed by atoms with van der Waals surface area (Å²) in [4.78, 5) is 5.24. The average Bonchev–Trinajstić information content (AvgIpc) is 3.71. The van der Waals surface area contributed by atoms with Gasteiger partial charge in [-0.05, 0) is 69.6 Å². The molecule has 0 radical (unpaired) electrons. The highest BCUT2D eigenvalue weighted by atomic mass is 15.2. The number of fused-ring (bicyclic) bond motifs is 11. The fourth-order valence-electron chi connectivity index (χ4n) is 8.36. The van der Waals surface area contributed by atoms with Crippen molar-refractivity contribution in [3.05, 3.63) is 181 Å². The van der Waals surface area contributed by atoms with Crippen LogP contribution in [0.2, 0.25) is 0 Å². The molecule has 0 saturated carbocycles. The first kappa shape index (κ1) is 27.3. The van der Waals surface area contributed by atoms with Gasteiger partial charge in [0.1, 0.15) is 0 Å². The second-order valence-corrected chi connectivity index (χ2v) is 13.2. The van der Waals surface area contributed by atoms with Gasteiger partial charge in [0.2, 0.25) is 5.96 Å². The van der Waals surface area contributed by atoms with Crippen molar-refractivity contribution in [3.63, 3.8) is 0 Å². The van der Waals surface area contributed by atoms with Crippen molar-refractivity contribution in [2.45, 2.75) is 6.04 Å². The predicted octanol–water partition coefficient (Wildman–Crippen LogP) is 11.4. The maximum absolute atomic E-state index is 5.24. The van der Waals surface area contributed by atoms with Crippen LogP contribution in [0.4, 0.5) is 5.69 Å². The lowest BCUT2D eigenvalue weighted by molar-refractivity contribution is 0.731. The topological polar surface area (TPSA) is 34.2 Å². The Labute approximate surface area is 288 Å². The van der Waals surface area contributed by atoms with Gasteiger partial charge in [-0.3, -0.25) is 4.57 Å². The zero-order valence-electron chi connectivity index (χ0n) is 27.1. The molecule has 1 N–H and O–H groups in total. The molecule has 3 heterocycles. The van der Waals surface area contributed by atoms with Gasteiger partial charge in [-0.25, -0.2) is 4.99 Å². The van der Waals surface area contributed by atoms with Crippen LogP contribution in [-0.2, 0) is 0 Å². The summed E-state index contributed by atoms with van der Waals surface area (Å²) in [5.74, 6) is 0.825. The van der Waals surface area contributed by atoms with E-state index in [-0.39, 0.29) is 6.04 Å². The molecular weight excluding hydrogens is 609 g/mol. The van der Waals surface area contributed by atoms with Crippen LogP contribution in [0, 0.1) is 0 Å². The summed E-state index contributed by atoms with van der Waals surface area (Å²) in [7, 11) is 0. The van der Waals surface area contributed by atoms with Gasteiger partial charge in [0, 0.05) is 32.8 Å². The Bertz CT molecular complexity index is 2920. The van der Waals surface area contributed by atoms with E-state index in [0.717, 1.165) is 28.4 Å². The molecule has 10 aromatic rings. The van der Waals surface area contributed by atoms with Gasteiger partial charge in [0.25, 0.3) is 0 Å². The average molecular weight is 639 g/mol. The normalized spacial score (nSPS) is 14.5. The van der Waals surface area contributed by atoms with E-state index in [1.807, 2.05) is 0 Å². The fraction of sp³-hybridized carbons (Fsp3) is 0.0217. The van der Waals surface area contributed by atoms with Gasteiger partial charge in [-0.15, -0.1) is 0 Å². The van der Waals surface area contributed by atoms with Crippen molar-refractivity contribution in [2.75, 3.05) is 0 Å². The van der Waals surface area contributed by atoms with Crippen LogP contribution in [0.3, 0.4) is 0 Å². The Balaban J connectivity index is 1.18. The monoisotopic (exact) mass is 638 g/mol. The number of para-hydroxylation sites is 2. The van der Waals surface area contributed by atoms with E-state index < -0.39 is 0 Å². The molecule has 8 aromatic carbocycles. The SMILES string of the molecule is c1ccc(C2NC(n3c4ccccc4c4cc(-n5c6ccc7ccccc7c6c6c7ccccc7ccc65)ccc43)=Nc3ccccc32)cc1. The molecule has 0 aliphatic carbocycles. The molecule has 0 amide bonds. The summed E-state index contributed by atoms with van der Waals surface area (Å²) in [6, 6.07) is 61.3. The summed E-state index contributed by atoms with van der Waals surface area (Å²) < 4.78 is 4.75. The van der Waals surface area contributed by atoms with E-state index in [1.165, 1.54) is 65.3 Å². The predicted molar refractivity (Wildman–Crippen MR) is 209 cm³/mol. The number of aromatic nitrogens is 2. The smallest absolute Gasteiger partial charge is 0.209 e. The molecule has 0 spiro atoms. The minimum absolute atomic E-state index is 0.0161. The molecule has 1 aliphatic rings. The molecule has 1 unspecified atom stereocenters. The Morgan fingerprint density at radius 1 is 0.440 bits per heavy atom. The van der Waals surface area contributed by atoms with E-state index in [0.29, 0.717) is 0 Å². The Morgan fingerprint density at radius 3 is 1.76 bits per heavy atom. The molecule has 2 aromatic heterocycles. The van der Waals surface area contributed by atoms with E-state index in [1.54, 1.807) is 0 Å². The van der Waals surface area contributed by atoms with Crippen molar-refractivity contribution in [3.8, 4) is 5.69 Å². The number of hydrogen-bond acceptors (Lipinski definition) is 2. The van der Waals surface area contributed by atoms with Crippen LogP contribution in [0.1, 0.15) is 17.2 Å². The number of rotatable bonds is 2. The molecule has 0 fully saturated rings. The quantitative estimate of drug-likeness (QED) is 0.201. The largest absolute Gasteiger partial charge is 0.344 e. The van der Waals surface area contributed by atoms with E-state index in [4.69, 9.17) is 4.99 Å². The van der Waals surface area contributed by atoms with Crippen molar-refractivity contribution in [1.29, 1.82) is 0 Å². The van der Waals surface area contributed by atoms with Crippen molar-refractivity contribution >= 4 is 76.8 Å². The van der Waals surface area contributed by atoms with E-state index >= 15 is 0 Å². The number of benzene rings is 8. The molecule has 50 heavy (non-hydrogen) atoms. The first-order chi connectivity index (χ1) is 24.8. The summed E-state index contributed by atoms with van der Waals surface area (Å²) in [5, 5.41) is 13.9. The second kappa shape index (κ2) is 10.4. The molecule has 11 rings (SSSR count). The lowest BCUT2D eigenvalue weighted by atomic mass is 9.96. The van der Waals surface area contributed by atoms with Crippen LogP contribution >= 0.6 is 0 Å². The first-order valence-corrected chi connectivity index (χ1v) is 17.2. The summed E-state index contributed by atoms with van der Waals surface area (Å²) in [6.45, 7) is 0. The molecular formula is C46H30N4. The number of nitrogens with zero attached hydrogens (tertiary/aromatic N) is 3. The minimum atomic E-state index is -0.0161. The van der Waals surface area contributed by atoms with Gasteiger partial charge >= 0.3 is 0 Å². The van der Waals surface area contributed by atoms with E-state index in [9.17, 15) is 0 Å². The highest BCUT2D eigenvalue weighted by Crippen LogP contribution is 2.42. The maximum Gasteiger partial charge on any atom is 0.209 e. The zero-order valence-corrected chi connectivity index (χ0v) is 27.1. The van der Waals surface area contributed by atoms with Crippen molar-refractivity contribution < 1.29 is 0 Å². The second-order valence-electron chi connectivity index (χ2n) is 13.2. The Hall–Kier alpha value is -6.65. The third kappa shape index (κ3) is 3.84. The van der Waals surface area contributed by atoms with Gasteiger partial charge in [0.05, 0.1) is 33.8 Å². The summed E-state index contributed by atoms with van der Waals surface area (Å²) >= 11 is 0. The number of hydrogen-bond donors (Lipinski definition) is 1. The third-order valence-corrected chi connectivity index (χ3v) is 10.6. The number of aliphatic imine (C=N–C) groups is 1. The summed E-state index contributed by atoms with van der Waals surface area (Å²) in [6.07, 6.45) is 0. The molecule has 0 bridgehead atoms. The Kier molecular flexibility index (Phi) is 5.69. The third-order valence-electron chi connectivity index (χ3n) is 10.6. The van der Waals surface area contributed by atoms with E-state index in [2.05, 4.69) is 184 Å². The highest BCUT2D eigenvalue weighted by Gasteiger charge is 2.26. The van der Waals surface area contributed by atoms with Gasteiger partial charge in [-0.2, -0.15) is 0 Å². The maximum atomic E-state index is 5.24. The number of nitrogens with one attached hydrogen (secondary N) is 1. The van der Waals surface area contributed by atoms with Crippen LogP contribution in [0.15, 0.2) is 175 Å². The summed E-state index contributed by atoms with van der Waals surface area (Å²) in [5.41, 5.74) is 9.16. The molecule has 0 saturated heterocycles. The fourth-order valence-corrected chi connectivity index (χ4v) is 8.36. The van der Waals surface area contributed by atoms with Crippen LogP contribution < -0.4 is 5.32 Å². The van der Waals surface area contributed by atoms with Gasteiger partial charge < -0.3 is 9.88 Å². The lowest BCUT2D eigenvalue weighted by Gasteiger charge is -2.28. The Morgan fingerprint density at radius 2 is 1.02 bits per heavy atom. The van der Waals surface area contributed by atoms with Crippen LogP contribution in [0.5, 0.6) is 0 Å². The first-order valence-electron chi connectivity index (χ1n) is 17.2. The van der Waals surface area contributed by atoms with Crippen LogP contribution in [-0.4, -0.2) is 15.1 Å². The van der Waals surface area contributed by atoms with Gasteiger partial charge in [0.15, 0.2) is 0 Å².